The normalized spacial score (nSPS) is 25.8. The van der Waals surface area contributed by atoms with Crippen LogP contribution in [0.3, 0.4) is 0 Å². The third-order valence-electron chi connectivity index (χ3n) is 3.86. The molecule has 2 N–H and O–H groups in total. The number of benzene rings is 1. The third-order valence-corrected chi connectivity index (χ3v) is 4.05. The van der Waals surface area contributed by atoms with E-state index in [4.69, 9.17) is 12.2 Å². The maximum Gasteiger partial charge on any atom is 0.191 e. The lowest BCUT2D eigenvalue weighted by molar-refractivity contribution is 0.463. The van der Waals surface area contributed by atoms with Crippen LogP contribution in [0.25, 0.3) is 0 Å². The van der Waals surface area contributed by atoms with Gasteiger partial charge in [0, 0.05) is 17.3 Å². The number of aryl methyl sites for hydroxylation is 1. The molecule has 1 fully saturated rings. The second-order valence-corrected chi connectivity index (χ2v) is 5.53. The van der Waals surface area contributed by atoms with Gasteiger partial charge in [0.25, 0.3) is 0 Å². The first-order valence-electron chi connectivity index (χ1n) is 6.60. The molecule has 98 valence electrons. The molecular formula is C15H17N3S. The van der Waals surface area contributed by atoms with Gasteiger partial charge in [0.1, 0.15) is 0 Å². The van der Waals surface area contributed by atoms with Crippen molar-refractivity contribution >= 4 is 28.7 Å². The van der Waals surface area contributed by atoms with Crippen molar-refractivity contribution in [2.24, 2.45) is 16.9 Å². The lowest BCUT2D eigenvalue weighted by Crippen LogP contribution is -2.36. The smallest absolute Gasteiger partial charge is 0.191 e. The lowest BCUT2D eigenvalue weighted by Gasteiger charge is -2.31. The van der Waals surface area contributed by atoms with Crippen LogP contribution < -0.4 is 10.7 Å². The largest absolute Gasteiger partial charge is 0.331 e. The van der Waals surface area contributed by atoms with Crippen LogP contribution >= 0.6 is 12.2 Å². The molecule has 2 aliphatic carbocycles. The second-order valence-electron chi connectivity index (χ2n) is 5.12. The molecule has 2 atom stereocenters. The van der Waals surface area contributed by atoms with Crippen molar-refractivity contribution in [1.29, 1.82) is 0 Å². The van der Waals surface area contributed by atoms with Gasteiger partial charge in [0.2, 0.25) is 0 Å². The lowest BCUT2D eigenvalue weighted by atomic mass is 9.74. The van der Waals surface area contributed by atoms with E-state index in [0.717, 1.165) is 24.4 Å². The minimum atomic E-state index is 0.552. The maximum absolute atomic E-state index is 5.26. The van der Waals surface area contributed by atoms with E-state index in [1.165, 1.54) is 11.3 Å². The van der Waals surface area contributed by atoms with Crippen molar-refractivity contribution in [1.82, 2.24) is 5.43 Å². The molecule has 0 heterocycles. The zero-order valence-electron chi connectivity index (χ0n) is 10.9. The monoisotopic (exact) mass is 271 g/mol. The first-order chi connectivity index (χ1) is 9.24. The highest BCUT2D eigenvalue weighted by Crippen LogP contribution is 2.40. The summed E-state index contributed by atoms with van der Waals surface area (Å²) < 4.78 is 0. The molecule has 0 bridgehead atoms. The Morgan fingerprint density at radius 2 is 2.21 bits per heavy atom. The molecule has 0 radical (unpaired) electrons. The predicted octanol–water partition coefficient (Wildman–Crippen LogP) is 3.23. The minimum Gasteiger partial charge on any atom is -0.331 e. The van der Waals surface area contributed by atoms with Gasteiger partial charge in [-0.25, -0.2) is 0 Å². The Hall–Kier alpha value is -1.68. The van der Waals surface area contributed by atoms with E-state index in [1.54, 1.807) is 0 Å². The van der Waals surface area contributed by atoms with Crippen molar-refractivity contribution in [2.75, 3.05) is 5.32 Å². The van der Waals surface area contributed by atoms with E-state index in [0.29, 0.717) is 11.0 Å². The first kappa shape index (κ1) is 12.4. The predicted molar refractivity (Wildman–Crippen MR) is 83.3 cm³/mol. The van der Waals surface area contributed by atoms with Crippen LogP contribution in [-0.2, 0) is 0 Å². The molecule has 3 rings (SSSR count). The average molecular weight is 271 g/mol. The summed E-state index contributed by atoms with van der Waals surface area (Å²) in [5.74, 6) is 1.34. The molecule has 3 nitrogen and oxygen atoms in total. The standard InChI is InChI=1S/C15H17N3S/c1-10-5-2-3-8-13(10)16-15(19)18-17-14-9-11-6-4-7-12(11)14/h2-6,8,11-12H,7,9H2,1H3,(H2,16,18,19)/b17-14-/t11-,12-/m0/s1. The molecule has 2 aliphatic rings. The molecule has 19 heavy (non-hydrogen) atoms. The number of para-hydroxylation sites is 1. The number of anilines is 1. The summed E-state index contributed by atoms with van der Waals surface area (Å²) in [6.45, 7) is 2.05. The quantitative estimate of drug-likeness (QED) is 0.492. The summed E-state index contributed by atoms with van der Waals surface area (Å²) in [6, 6.07) is 8.07. The summed E-state index contributed by atoms with van der Waals surface area (Å²) in [5.41, 5.74) is 6.39. The minimum absolute atomic E-state index is 0.552. The van der Waals surface area contributed by atoms with Crippen LogP contribution in [0, 0.1) is 18.8 Å². The number of hydrazone groups is 1. The Kier molecular flexibility index (Phi) is 3.34. The van der Waals surface area contributed by atoms with Gasteiger partial charge < -0.3 is 5.32 Å². The number of fused-ring (bicyclic) bond motifs is 1. The Morgan fingerprint density at radius 3 is 3.00 bits per heavy atom. The van der Waals surface area contributed by atoms with E-state index in [1.807, 2.05) is 18.2 Å². The van der Waals surface area contributed by atoms with Crippen LogP contribution in [-0.4, -0.2) is 10.8 Å². The Bertz CT molecular complexity index is 562. The molecule has 0 unspecified atom stereocenters. The van der Waals surface area contributed by atoms with Gasteiger partial charge in [-0.2, -0.15) is 5.10 Å². The van der Waals surface area contributed by atoms with E-state index >= 15 is 0 Å². The van der Waals surface area contributed by atoms with Gasteiger partial charge in [0.05, 0.1) is 0 Å². The van der Waals surface area contributed by atoms with Crippen LogP contribution in [0.2, 0.25) is 0 Å². The van der Waals surface area contributed by atoms with Crippen molar-refractivity contribution < 1.29 is 0 Å². The van der Waals surface area contributed by atoms with Gasteiger partial charge in [0.15, 0.2) is 5.11 Å². The fourth-order valence-corrected chi connectivity index (χ4v) is 2.80. The first-order valence-corrected chi connectivity index (χ1v) is 7.00. The summed E-state index contributed by atoms with van der Waals surface area (Å²) in [6.07, 6.45) is 6.75. The summed E-state index contributed by atoms with van der Waals surface area (Å²) in [7, 11) is 0. The van der Waals surface area contributed by atoms with Gasteiger partial charge in [-0.15, -0.1) is 0 Å². The molecule has 4 heteroatoms. The summed E-state index contributed by atoms with van der Waals surface area (Å²) in [5, 5.41) is 8.14. The highest BCUT2D eigenvalue weighted by molar-refractivity contribution is 7.80. The number of rotatable bonds is 2. The Labute approximate surface area is 118 Å². The van der Waals surface area contributed by atoms with E-state index < -0.39 is 0 Å². The van der Waals surface area contributed by atoms with Gasteiger partial charge in [-0.05, 0) is 49.5 Å². The Morgan fingerprint density at radius 1 is 1.37 bits per heavy atom. The summed E-state index contributed by atoms with van der Waals surface area (Å²) in [4.78, 5) is 0. The maximum atomic E-state index is 5.26. The molecule has 0 aliphatic heterocycles. The molecule has 1 aromatic rings. The zero-order chi connectivity index (χ0) is 13.2. The number of thiocarbonyl (C=S) groups is 1. The van der Waals surface area contributed by atoms with Crippen molar-refractivity contribution in [3.05, 3.63) is 42.0 Å². The number of hydrogen-bond donors (Lipinski definition) is 2. The highest BCUT2D eigenvalue weighted by Gasteiger charge is 2.37. The number of allylic oxidation sites excluding steroid dienone is 2. The van der Waals surface area contributed by atoms with Gasteiger partial charge >= 0.3 is 0 Å². The topological polar surface area (TPSA) is 36.4 Å². The van der Waals surface area contributed by atoms with Crippen molar-refractivity contribution in [3.8, 4) is 0 Å². The molecule has 0 saturated heterocycles. The van der Waals surface area contributed by atoms with Crippen LogP contribution in [0.1, 0.15) is 18.4 Å². The molecule has 1 saturated carbocycles. The fraction of sp³-hybridized carbons (Fsp3) is 0.333. The van der Waals surface area contributed by atoms with E-state index in [-0.39, 0.29) is 0 Å². The fourth-order valence-electron chi connectivity index (χ4n) is 2.65. The third kappa shape index (κ3) is 2.54. The van der Waals surface area contributed by atoms with E-state index in [2.05, 4.69) is 41.0 Å². The van der Waals surface area contributed by atoms with Crippen molar-refractivity contribution in [2.45, 2.75) is 19.8 Å². The molecule has 0 aromatic heterocycles. The molecule has 0 amide bonds. The number of nitrogens with zero attached hydrogens (tertiary/aromatic N) is 1. The summed E-state index contributed by atoms with van der Waals surface area (Å²) >= 11 is 5.26. The van der Waals surface area contributed by atoms with E-state index in [9.17, 15) is 0 Å². The van der Waals surface area contributed by atoms with Crippen LogP contribution in [0.4, 0.5) is 5.69 Å². The number of hydrogen-bond acceptors (Lipinski definition) is 2. The Balaban J connectivity index is 1.55. The molecular weight excluding hydrogens is 254 g/mol. The van der Waals surface area contributed by atoms with Crippen LogP contribution in [0.5, 0.6) is 0 Å². The van der Waals surface area contributed by atoms with Gasteiger partial charge in [-0.1, -0.05) is 30.4 Å². The SMILES string of the molecule is Cc1ccccc1NC(=S)N/N=C1/C[C@@H]2C=CC[C@H]12. The highest BCUT2D eigenvalue weighted by atomic mass is 32.1. The second kappa shape index (κ2) is 5.13. The average Bonchev–Trinajstić information content (AvgIpc) is 2.74. The molecule has 1 aromatic carbocycles. The number of nitrogens with one attached hydrogen (secondary N) is 2. The molecule has 0 spiro atoms. The van der Waals surface area contributed by atoms with Crippen LogP contribution in [0.15, 0.2) is 41.5 Å². The van der Waals surface area contributed by atoms with Gasteiger partial charge in [-0.3, -0.25) is 5.43 Å². The van der Waals surface area contributed by atoms with Crippen molar-refractivity contribution in [3.63, 3.8) is 0 Å². The zero-order valence-corrected chi connectivity index (χ0v) is 11.7.